The maximum atomic E-state index is 12.2. The van der Waals surface area contributed by atoms with Gasteiger partial charge >= 0.3 is 6.09 Å². The molecule has 2 rings (SSSR count). The van der Waals surface area contributed by atoms with Gasteiger partial charge in [-0.15, -0.1) is 0 Å². The van der Waals surface area contributed by atoms with Crippen LogP contribution in [-0.2, 0) is 4.74 Å². The maximum absolute atomic E-state index is 12.2. The molecular formula is C16H26ClN5O3S. The van der Waals surface area contributed by atoms with E-state index in [0.717, 1.165) is 12.2 Å². The lowest BCUT2D eigenvalue weighted by atomic mass is 10.2. The normalized spacial score (nSPS) is 20.3. The van der Waals surface area contributed by atoms with Gasteiger partial charge in [0.25, 0.3) is 0 Å². The van der Waals surface area contributed by atoms with Crippen molar-refractivity contribution < 1.29 is 14.6 Å². The molecule has 1 aromatic rings. The molecule has 1 saturated heterocycles. The van der Waals surface area contributed by atoms with E-state index in [9.17, 15) is 9.90 Å². The zero-order valence-corrected chi connectivity index (χ0v) is 17.0. The number of nitrogens with zero attached hydrogens (tertiary/aromatic N) is 3. The van der Waals surface area contributed by atoms with E-state index in [1.807, 2.05) is 0 Å². The Bertz CT molecular complexity index is 656. The van der Waals surface area contributed by atoms with Crippen molar-refractivity contribution >= 4 is 41.0 Å². The number of anilines is 2. The molecule has 8 nitrogen and oxygen atoms in total. The Morgan fingerprint density at radius 3 is 2.77 bits per heavy atom. The van der Waals surface area contributed by atoms with E-state index in [1.165, 1.54) is 16.7 Å². The SMILES string of the molecule is CCCSc1nc(Cl)c(N)c(N[C@H]2CN(C(=O)OC(C)(C)C)C[C@@H]2O)n1. The topological polar surface area (TPSA) is 114 Å². The van der Waals surface area contributed by atoms with Crippen LogP contribution in [0.1, 0.15) is 34.1 Å². The van der Waals surface area contributed by atoms with E-state index in [1.54, 1.807) is 20.8 Å². The van der Waals surface area contributed by atoms with Crippen LogP contribution in [0.4, 0.5) is 16.3 Å². The molecule has 4 N–H and O–H groups in total. The highest BCUT2D eigenvalue weighted by Gasteiger charge is 2.36. The number of aromatic nitrogens is 2. The summed E-state index contributed by atoms with van der Waals surface area (Å²) < 4.78 is 5.35. The summed E-state index contributed by atoms with van der Waals surface area (Å²) in [5.41, 5.74) is 5.59. The summed E-state index contributed by atoms with van der Waals surface area (Å²) in [6.45, 7) is 7.90. The van der Waals surface area contributed by atoms with Gasteiger partial charge in [-0.1, -0.05) is 30.3 Å². The van der Waals surface area contributed by atoms with Crippen molar-refractivity contribution in [1.82, 2.24) is 14.9 Å². The minimum Gasteiger partial charge on any atom is -0.444 e. The number of nitrogen functional groups attached to an aromatic ring is 1. The molecule has 26 heavy (non-hydrogen) atoms. The molecule has 1 aliphatic heterocycles. The first kappa shape index (κ1) is 20.9. The minimum atomic E-state index is -0.776. The predicted octanol–water partition coefficient (Wildman–Crippen LogP) is 2.61. The highest BCUT2D eigenvalue weighted by atomic mass is 35.5. The Hall–Kier alpha value is -1.45. The zero-order chi connectivity index (χ0) is 19.5. The number of nitrogens with two attached hydrogens (primary N) is 1. The molecule has 0 unspecified atom stereocenters. The van der Waals surface area contributed by atoms with Crippen LogP contribution >= 0.6 is 23.4 Å². The van der Waals surface area contributed by atoms with Gasteiger partial charge in [-0.3, -0.25) is 0 Å². The van der Waals surface area contributed by atoms with Gasteiger partial charge in [0.15, 0.2) is 16.1 Å². The third-order valence-corrected chi connectivity index (χ3v) is 4.92. The Balaban J connectivity index is 2.08. The number of aliphatic hydroxyl groups excluding tert-OH is 1. The van der Waals surface area contributed by atoms with Crippen molar-refractivity contribution in [3.05, 3.63) is 5.15 Å². The Labute approximate surface area is 162 Å². The number of likely N-dealkylation sites (tertiary alicyclic amines) is 1. The number of thioether (sulfide) groups is 1. The molecule has 1 fully saturated rings. The van der Waals surface area contributed by atoms with Gasteiger partial charge in [0.2, 0.25) is 0 Å². The number of hydrogen-bond acceptors (Lipinski definition) is 8. The molecule has 2 heterocycles. The third-order valence-electron chi connectivity index (χ3n) is 3.58. The molecule has 0 saturated carbocycles. The number of rotatable bonds is 5. The molecule has 0 aromatic carbocycles. The largest absolute Gasteiger partial charge is 0.444 e. The Morgan fingerprint density at radius 1 is 1.46 bits per heavy atom. The second-order valence-electron chi connectivity index (χ2n) is 7.11. The molecular weight excluding hydrogens is 378 g/mol. The molecule has 2 atom stereocenters. The zero-order valence-electron chi connectivity index (χ0n) is 15.5. The molecule has 0 aliphatic carbocycles. The highest BCUT2D eigenvalue weighted by Crippen LogP contribution is 2.29. The first-order valence-corrected chi connectivity index (χ1v) is 9.85. The van der Waals surface area contributed by atoms with Crippen molar-refractivity contribution in [1.29, 1.82) is 0 Å². The van der Waals surface area contributed by atoms with E-state index in [2.05, 4.69) is 22.2 Å². The van der Waals surface area contributed by atoms with Crippen LogP contribution < -0.4 is 11.1 Å². The maximum Gasteiger partial charge on any atom is 0.410 e. The lowest BCUT2D eigenvalue weighted by Gasteiger charge is -2.24. The van der Waals surface area contributed by atoms with Crippen LogP contribution in [0, 0.1) is 0 Å². The van der Waals surface area contributed by atoms with E-state index in [-0.39, 0.29) is 23.9 Å². The number of carbonyl (C=O) groups is 1. The summed E-state index contributed by atoms with van der Waals surface area (Å²) in [6, 6.07) is -0.431. The van der Waals surface area contributed by atoms with Crippen LogP contribution in [-0.4, -0.2) is 62.7 Å². The van der Waals surface area contributed by atoms with Crippen LogP contribution in [0.25, 0.3) is 0 Å². The number of amides is 1. The van der Waals surface area contributed by atoms with Crippen molar-refractivity contribution in [2.45, 2.75) is 57.0 Å². The molecule has 146 valence electrons. The van der Waals surface area contributed by atoms with Gasteiger partial charge in [-0.2, -0.15) is 0 Å². The number of carbonyl (C=O) groups excluding carboxylic acids is 1. The van der Waals surface area contributed by atoms with Crippen molar-refractivity contribution in [3.63, 3.8) is 0 Å². The van der Waals surface area contributed by atoms with E-state index in [0.29, 0.717) is 11.0 Å². The Kier molecular flexibility index (Phi) is 6.81. The number of halogens is 1. The van der Waals surface area contributed by atoms with Gasteiger partial charge < -0.3 is 25.8 Å². The average Bonchev–Trinajstić information content (AvgIpc) is 2.89. The summed E-state index contributed by atoms with van der Waals surface area (Å²) in [7, 11) is 0. The lowest BCUT2D eigenvalue weighted by molar-refractivity contribution is 0.0270. The van der Waals surface area contributed by atoms with Crippen molar-refractivity contribution in [3.8, 4) is 0 Å². The summed E-state index contributed by atoms with van der Waals surface area (Å²) >= 11 is 7.57. The Morgan fingerprint density at radius 2 is 2.15 bits per heavy atom. The molecule has 1 aromatic heterocycles. The summed E-state index contributed by atoms with van der Waals surface area (Å²) in [4.78, 5) is 22.2. The highest BCUT2D eigenvalue weighted by molar-refractivity contribution is 7.99. The smallest absolute Gasteiger partial charge is 0.410 e. The number of hydrogen-bond donors (Lipinski definition) is 3. The molecule has 1 aliphatic rings. The molecule has 0 radical (unpaired) electrons. The second kappa shape index (κ2) is 8.49. The van der Waals surface area contributed by atoms with Crippen LogP contribution in [0.3, 0.4) is 0 Å². The molecule has 10 heteroatoms. The summed E-state index contributed by atoms with van der Waals surface area (Å²) in [5.74, 6) is 1.22. The average molecular weight is 404 g/mol. The van der Waals surface area contributed by atoms with Crippen LogP contribution in [0.15, 0.2) is 5.16 Å². The van der Waals surface area contributed by atoms with Gasteiger partial charge in [-0.25, -0.2) is 14.8 Å². The van der Waals surface area contributed by atoms with Crippen LogP contribution in [0.2, 0.25) is 5.15 Å². The molecule has 0 spiro atoms. The molecule has 1 amide bonds. The minimum absolute atomic E-state index is 0.164. The number of nitrogens with one attached hydrogen (secondary N) is 1. The van der Waals surface area contributed by atoms with Gasteiger partial charge in [0, 0.05) is 12.3 Å². The number of β-amino-alcohol motifs (C(OH)–C–C–N with tert-alkyl or cyclic N) is 1. The third kappa shape index (κ3) is 5.52. The lowest BCUT2D eigenvalue weighted by Crippen LogP contribution is -2.36. The summed E-state index contributed by atoms with van der Waals surface area (Å²) in [5, 5.41) is 14.1. The van der Waals surface area contributed by atoms with Crippen molar-refractivity contribution in [2.75, 3.05) is 29.9 Å². The van der Waals surface area contributed by atoms with Gasteiger partial charge in [-0.05, 0) is 27.2 Å². The monoisotopic (exact) mass is 403 g/mol. The van der Waals surface area contributed by atoms with E-state index >= 15 is 0 Å². The predicted molar refractivity (Wildman–Crippen MR) is 104 cm³/mol. The summed E-state index contributed by atoms with van der Waals surface area (Å²) in [6.07, 6.45) is -0.263. The van der Waals surface area contributed by atoms with E-state index in [4.69, 9.17) is 22.1 Å². The molecule has 0 bridgehead atoms. The number of aliphatic hydroxyl groups is 1. The first-order valence-electron chi connectivity index (χ1n) is 8.49. The van der Waals surface area contributed by atoms with Gasteiger partial charge in [0.1, 0.15) is 11.3 Å². The quantitative estimate of drug-likeness (QED) is 0.390. The fourth-order valence-electron chi connectivity index (χ4n) is 2.37. The van der Waals surface area contributed by atoms with Crippen molar-refractivity contribution in [2.24, 2.45) is 0 Å². The standard InChI is InChI=1S/C16H26ClN5O3S/c1-5-6-26-14-20-12(17)11(18)13(21-14)19-9-7-22(8-10(9)23)15(24)25-16(2,3)4/h9-10,23H,5-8,18H2,1-4H3,(H,19,20,21)/t9-,10-/m0/s1. The van der Waals surface area contributed by atoms with Gasteiger partial charge in [0.05, 0.1) is 18.7 Å². The fourth-order valence-corrected chi connectivity index (χ4v) is 3.29. The first-order chi connectivity index (χ1) is 12.1. The second-order valence-corrected chi connectivity index (χ2v) is 8.53. The van der Waals surface area contributed by atoms with Crippen LogP contribution in [0.5, 0.6) is 0 Å². The van der Waals surface area contributed by atoms with E-state index < -0.39 is 23.8 Å². The fraction of sp³-hybridized carbons (Fsp3) is 0.688. The number of ether oxygens (including phenoxy) is 1.